The second kappa shape index (κ2) is 8.83. The molecule has 0 radical (unpaired) electrons. The van der Waals surface area contributed by atoms with Gasteiger partial charge in [-0.05, 0) is 42.8 Å². The number of halogens is 1. The molecule has 1 amide bonds. The third-order valence-corrected chi connectivity index (χ3v) is 5.73. The van der Waals surface area contributed by atoms with Gasteiger partial charge in [0.05, 0.1) is 17.8 Å². The minimum absolute atomic E-state index is 0.128. The summed E-state index contributed by atoms with van der Waals surface area (Å²) in [6, 6.07) is 9.18. The Balaban J connectivity index is 1.33. The number of nitrogens with one attached hydrogen (secondary N) is 1. The quantitative estimate of drug-likeness (QED) is 0.680. The van der Waals surface area contributed by atoms with Gasteiger partial charge < -0.3 is 19.5 Å². The molecule has 30 heavy (non-hydrogen) atoms. The van der Waals surface area contributed by atoms with Crippen molar-refractivity contribution in [1.82, 2.24) is 19.6 Å². The lowest BCUT2D eigenvalue weighted by Gasteiger charge is -2.35. The van der Waals surface area contributed by atoms with Crippen LogP contribution in [-0.2, 0) is 17.8 Å². The average molecular weight is 410 g/mol. The Morgan fingerprint density at radius 2 is 2.00 bits per heavy atom. The van der Waals surface area contributed by atoms with E-state index in [2.05, 4.69) is 27.0 Å². The van der Waals surface area contributed by atoms with Crippen LogP contribution in [0.2, 0.25) is 0 Å². The molecule has 7 heteroatoms. The smallest absolute Gasteiger partial charge is 0.226 e. The first kappa shape index (κ1) is 20.3. The number of benzene rings is 1. The van der Waals surface area contributed by atoms with Gasteiger partial charge >= 0.3 is 0 Å². The van der Waals surface area contributed by atoms with Crippen molar-refractivity contribution in [3.8, 4) is 0 Å². The van der Waals surface area contributed by atoms with Crippen LogP contribution < -0.4 is 10.2 Å². The molecule has 3 heterocycles. The maximum atomic E-state index is 14.7. The van der Waals surface area contributed by atoms with Gasteiger partial charge in [-0.1, -0.05) is 19.1 Å². The van der Waals surface area contributed by atoms with Crippen molar-refractivity contribution in [2.45, 2.75) is 26.8 Å². The monoisotopic (exact) mass is 409 g/mol. The van der Waals surface area contributed by atoms with Gasteiger partial charge in [0.15, 0.2) is 0 Å². The zero-order valence-corrected chi connectivity index (χ0v) is 17.6. The number of anilines is 1. The second-order valence-corrected chi connectivity index (χ2v) is 7.81. The molecule has 0 saturated carbocycles. The predicted octanol–water partition coefficient (Wildman–Crippen LogP) is 2.78. The summed E-state index contributed by atoms with van der Waals surface area (Å²) in [6.45, 7) is 9.05. The number of imidazole rings is 1. The highest BCUT2D eigenvalue weighted by atomic mass is 19.1. The number of nitrogens with zero attached hydrogens (tertiary/aromatic N) is 4. The number of fused-ring (bicyclic) bond motifs is 1. The normalized spacial score (nSPS) is 15.0. The number of rotatable bonds is 6. The third-order valence-electron chi connectivity index (χ3n) is 5.73. The van der Waals surface area contributed by atoms with Crippen molar-refractivity contribution in [2.24, 2.45) is 0 Å². The van der Waals surface area contributed by atoms with Crippen molar-refractivity contribution >= 4 is 17.2 Å². The Kier molecular flexibility index (Phi) is 5.99. The second-order valence-electron chi connectivity index (χ2n) is 7.81. The Morgan fingerprint density at radius 1 is 1.20 bits per heavy atom. The lowest BCUT2D eigenvalue weighted by molar-refractivity contribution is -0.120. The van der Waals surface area contributed by atoms with Gasteiger partial charge in [0, 0.05) is 45.1 Å². The van der Waals surface area contributed by atoms with Crippen LogP contribution in [0.3, 0.4) is 0 Å². The number of hydrogen-bond donors (Lipinski definition) is 1. The maximum absolute atomic E-state index is 14.7. The average Bonchev–Trinajstić information content (AvgIpc) is 3.16. The van der Waals surface area contributed by atoms with Crippen molar-refractivity contribution in [1.29, 1.82) is 0 Å². The fraction of sp³-hybridized carbons (Fsp3) is 0.391. The summed E-state index contributed by atoms with van der Waals surface area (Å²) in [7, 11) is 0. The van der Waals surface area contributed by atoms with Crippen LogP contribution in [0.15, 0.2) is 42.7 Å². The summed E-state index contributed by atoms with van der Waals surface area (Å²) in [5.74, 6) is -0.362. The number of aromatic nitrogens is 2. The fourth-order valence-electron chi connectivity index (χ4n) is 3.94. The van der Waals surface area contributed by atoms with E-state index in [1.54, 1.807) is 0 Å². The lowest BCUT2D eigenvalue weighted by Crippen LogP contribution is -2.46. The molecule has 1 saturated heterocycles. The first-order valence-corrected chi connectivity index (χ1v) is 10.5. The highest BCUT2D eigenvalue weighted by Crippen LogP contribution is 2.22. The highest BCUT2D eigenvalue weighted by Gasteiger charge is 2.18. The zero-order valence-electron chi connectivity index (χ0n) is 17.6. The number of amides is 1. The SMILES string of the molecule is CCN1CCN(c2ccc(CNC(=O)Cc3cn4cccc(C)c4n3)cc2F)CC1. The molecule has 0 atom stereocenters. The van der Waals surface area contributed by atoms with Crippen molar-refractivity contribution in [3.63, 3.8) is 0 Å². The third kappa shape index (κ3) is 4.46. The van der Waals surface area contributed by atoms with Gasteiger partial charge in [-0.15, -0.1) is 0 Å². The van der Waals surface area contributed by atoms with Gasteiger partial charge in [0.2, 0.25) is 5.91 Å². The van der Waals surface area contributed by atoms with Gasteiger partial charge in [-0.3, -0.25) is 4.79 Å². The molecule has 1 fully saturated rings. The van der Waals surface area contributed by atoms with E-state index in [4.69, 9.17) is 0 Å². The van der Waals surface area contributed by atoms with Crippen molar-refractivity contribution in [2.75, 3.05) is 37.6 Å². The van der Waals surface area contributed by atoms with Crippen LogP contribution in [0.4, 0.5) is 10.1 Å². The molecule has 3 aromatic rings. The van der Waals surface area contributed by atoms with Crippen LogP contribution in [0.1, 0.15) is 23.7 Å². The summed E-state index contributed by atoms with van der Waals surface area (Å²) in [4.78, 5) is 21.3. The highest BCUT2D eigenvalue weighted by molar-refractivity contribution is 5.78. The van der Waals surface area contributed by atoms with Gasteiger partial charge in [-0.2, -0.15) is 0 Å². The number of carbonyl (C=O) groups excluding carboxylic acids is 1. The van der Waals surface area contributed by atoms with Gasteiger partial charge in [-0.25, -0.2) is 9.37 Å². The molecule has 4 rings (SSSR count). The standard InChI is InChI=1S/C23H28FN5O/c1-3-27-9-11-28(12-10-27)21-7-6-18(13-20(21)24)15-25-22(30)14-19-16-29-8-4-5-17(2)23(29)26-19/h4-8,13,16H,3,9-12,14-15H2,1-2H3,(H,25,30). The van der Waals surface area contributed by atoms with E-state index in [1.165, 1.54) is 6.07 Å². The Bertz CT molecular complexity index is 1040. The van der Waals surface area contributed by atoms with Crippen molar-refractivity contribution < 1.29 is 9.18 Å². The number of piperazine rings is 1. The van der Waals surface area contributed by atoms with Crippen LogP contribution >= 0.6 is 0 Å². The first-order valence-electron chi connectivity index (χ1n) is 10.5. The Labute approximate surface area is 176 Å². The Hall–Kier alpha value is -2.93. The number of aryl methyl sites for hydroxylation is 1. The van der Waals surface area contributed by atoms with E-state index in [9.17, 15) is 9.18 Å². The minimum Gasteiger partial charge on any atom is -0.367 e. The molecule has 0 spiro atoms. The summed E-state index contributed by atoms with van der Waals surface area (Å²) < 4.78 is 16.6. The topological polar surface area (TPSA) is 52.9 Å². The molecule has 1 N–H and O–H groups in total. The number of hydrogen-bond acceptors (Lipinski definition) is 4. The molecule has 1 aliphatic rings. The molecule has 0 aliphatic carbocycles. The minimum atomic E-state index is -0.234. The van der Waals surface area contributed by atoms with Crippen LogP contribution in [0, 0.1) is 12.7 Å². The molecule has 1 aliphatic heterocycles. The van der Waals surface area contributed by atoms with Crippen LogP contribution in [0.5, 0.6) is 0 Å². The van der Waals surface area contributed by atoms with Crippen molar-refractivity contribution in [3.05, 3.63) is 65.4 Å². The van der Waals surface area contributed by atoms with E-state index in [-0.39, 0.29) is 18.1 Å². The van der Waals surface area contributed by atoms with E-state index < -0.39 is 0 Å². The van der Waals surface area contributed by atoms with Gasteiger partial charge in [0.25, 0.3) is 0 Å². The van der Waals surface area contributed by atoms with E-state index in [0.29, 0.717) is 12.2 Å². The lowest BCUT2D eigenvalue weighted by atomic mass is 10.1. The summed E-state index contributed by atoms with van der Waals surface area (Å²) >= 11 is 0. The maximum Gasteiger partial charge on any atom is 0.226 e. The number of pyridine rings is 1. The van der Waals surface area contributed by atoms with E-state index >= 15 is 0 Å². The molecule has 0 unspecified atom stereocenters. The number of likely N-dealkylation sites (N-methyl/N-ethyl adjacent to an activating group) is 1. The molecular weight excluding hydrogens is 381 g/mol. The van der Waals surface area contributed by atoms with Crippen LogP contribution in [-0.4, -0.2) is 52.9 Å². The molecule has 0 bridgehead atoms. The molecular formula is C23H28FN5O. The van der Waals surface area contributed by atoms with E-state index in [1.807, 2.05) is 48.0 Å². The largest absolute Gasteiger partial charge is 0.367 e. The molecule has 6 nitrogen and oxygen atoms in total. The number of carbonyl (C=O) groups is 1. The first-order chi connectivity index (χ1) is 14.5. The zero-order chi connectivity index (χ0) is 21.1. The predicted molar refractivity (Wildman–Crippen MR) is 116 cm³/mol. The van der Waals surface area contributed by atoms with E-state index in [0.717, 1.165) is 55.2 Å². The fourth-order valence-corrected chi connectivity index (χ4v) is 3.94. The molecule has 1 aromatic carbocycles. The molecule has 158 valence electrons. The summed E-state index contributed by atoms with van der Waals surface area (Å²) in [5, 5.41) is 2.87. The Morgan fingerprint density at radius 3 is 2.70 bits per heavy atom. The summed E-state index contributed by atoms with van der Waals surface area (Å²) in [5.41, 5.74) is 4.03. The van der Waals surface area contributed by atoms with Gasteiger partial charge in [0.1, 0.15) is 11.5 Å². The van der Waals surface area contributed by atoms with Crippen LogP contribution in [0.25, 0.3) is 5.65 Å². The molecule has 2 aromatic heterocycles. The summed E-state index contributed by atoms with van der Waals surface area (Å²) in [6.07, 6.45) is 3.99.